The lowest BCUT2D eigenvalue weighted by molar-refractivity contribution is -0.132. The van der Waals surface area contributed by atoms with Crippen LogP contribution < -0.4 is 0 Å². The van der Waals surface area contributed by atoms with Crippen molar-refractivity contribution in [3.8, 4) is 0 Å². The Morgan fingerprint density at radius 3 is 2.25 bits per heavy atom. The van der Waals surface area contributed by atoms with Crippen LogP contribution in [-0.2, 0) is 11.8 Å². The molecule has 28 heavy (non-hydrogen) atoms. The number of likely N-dealkylation sites (tertiary alicyclic amines) is 1. The zero-order chi connectivity index (χ0) is 19.3. The third kappa shape index (κ3) is 4.16. The van der Waals surface area contributed by atoms with Gasteiger partial charge in [0.1, 0.15) is 0 Å². The number of piperidine rings is 1. The van der Waals surface area contributed by atoms with E-state index in [1.165, 1.54) is 11.1 Å². The highest BCUT2D eigenvalue weighted by Crippen LogP contribution is 2.31. The van der Waals surface area contributed by atoms with Crippen molar-refractivity contribution in [1.82, 2.24) is 14.7 Å². The van der Waals surface area contributed by atoms with E-state index in [2.05, 4.69) is 35.4 Å². The summed E-state index contributed by atoms with van der Waals surface area (Å²) in [5.74, 6) is 0.661. The van der Waals surface area contributed by atoms with E-state index >= 15 is 0 Å². The maximum absolute atomic E-state index is 13.2. The van der Waals surface area contributed by atoms with Gasteiger partial charge in [-0.1, -0.05) is 60.7 Å². The molecular weight excluding hydrogens is 346 g/mol. The summed E-state index contributed by atoms with van der Waals surface area (Å²) in [7, 11) is 1.94. The van der Waals surface area contributed by atoms with Gasteiger partial charge in [0.15, 0.2) is 0 Å². The van der Waals surface area contributed by atoms with Crippen molar-refractivity contribution in [2.24, 2.45) is 7.05 Å². The first-order valence-corrected chi connectivity index (χ1v) is 10.1. The number of hydrogen-bond donors (Lipinski definition) is 0. The molecule has 1 aliphatic rings. The summed E-state index contributed by atoms with van der Waals surface area (Å²) in [5.41, 5.74) is 3.49. The van der Waals surface area contributed by atoms with Gasteiger partial charge in [0.25, 0.3) is 0 Å². The molecule has 4 heteroatoms. The predicted molar refractivity (Wildman–Crippen MR) is 111 cm³/mol. The molecule has 0 spiro atoms. The number of carbonyl (C=O) groups excluding carboxylic acids is 1. The van der Waals surface area contributed by atoms with E-state index in [9.17, 15) is 4.79 Å². The molecule has 1 fully saturated rings. The Bertz CT molecular complexity index is 864. The summed E-state index contributed by atoms with van der Waals surface area (Å²) in [4.78, 5) is 15.3. The molecule has 2 aromatic carbocycles. The average Bonchev–Trinajstić information content (AvgIpc) is 3.19. The molecule has 0 bridgehead atoms. The van der Waals surface area contributed by atoms with E-state index in [0.29, 0.717) is 12.3 Å². The van der Waals surface area contributed by atoms with Crippen molar-refractivity contribution < 1.29 is 4.79 Å². The van der Waals surface area contributed by atoms with Crippen molar-refractivity contribution >= 4 is 5.91 Å². The highest BCUT2D eigenvalue weighted by molar-refractivity contribution is 5.78. The fourth-order valence-electron chi connectivity index (χ4n) is 4.20. The van der Waals surface area contributed by atoms with Gasteiger partial charge in [-0.15, -0.1) is 0 Å². The van der Waals surface area contributed by atoms with Gasteiger partial charge in [-0.05, 0) is 30.0 Å². The summed E-state index contributed by atoms with van der Waals surface area (Å²) >= 11 is 0. The molecule has 0 aliphatic carbocycles. The van der Waals surface area contributed by atoms with Gasteiger partial charge in [0, 0.05) is 44.6 Å². The topological polar surface area (TPSA) is 38.1 Å². The minimum Gasteiger partial charge on any atom is -0.342 e. The van der Waals surface area contributed by atoms with Gasteiger partial charge in [-0.25, -0.2) is 0 Å². The molecule has 1 atom stereocenters. The smallest absolute Gasteiger partial charge is 0.223 e. The van der Waals surface area contributed by atoms with Gasteiger partial charge in [0.2, 0.25) is 5.91 Å². The summed E-state index contributed by atoms with van der Waals surface area (Å²) in [6.07, 6.45) is 4.62. The Morgan fingerprint density at radius 2 is 1.68 bits per heavy atom. The molecule has 1 saturated heterocycles. The normalized spacial score (nSPS) is 17.1. The Labute approximate surface area is 166 Å². The molecule has 3 aromatic rings. The van der Waals surface area contributed by atoms with Crippen molar-refractivity contribution in [2.45, 2.75) is 31.1 Å². The lowest BCUT2D eigenvalue weighted by atomic mass is 9.87. The SMILES string of the molecule is Cn1ccc([C@@H]2CCCN(C(=O)CC(c3ccccc3)c3ccccc3)C2)n1. The molecule has 0 radical (unpaired) electrons. The molecule has 0 N–H and O–H groups in total. The molecule has 4 rings (SSSR count). The second kappa shape index (κ2) is 8.42. The minimum absolute atomic E-state index is 0.0881. The zero-order valence-electron chi connectivity index (χ0n) is 16.4. The van der Waals surface area contributed by atoms with E-state index in [0.717, 1.165) is 31.6 Å². The number of nitrogens with zero attached hydrogens (tertiary/aromatic N) is 3. The van der Waals surface area contributed by atoms with Gasteiger partial charge < -0.3 is 4.90 Å². The lowest BCUT2D eigenvalue weighted by Gasteiger charge is -2.33. The molecule has 0 unspecified atom stereocenters. The van der Waals surface area contributed by atoms with Crippen LogP contribution in [0.25, 0.3) is 0 Å². The van der Waals surface area contributed by atoms with Crippen LogP contribution in [0.5, 0.6) is 0 Å². The van der Waals surface area contributed by atoms with Crippen LogP contribution >= 0.6 is 0 Å². The van der Waals surface area contributed by atoms with E-state index in [1.807, 2.05) is 59.2 Å². The van der Waals surface area contributed by atoms with Gasteiger partial charge in [0.05, 0.1) is 5.69 Å². The van der Waals surface area contributed by atoms with Crippen LogP contribution in [0, 0.1) is 0 Å². The number of amides is 1. The van der Waals surface area contributed by atoms with E-state index in [1.54, 1.807) is 0 Å². The number of carbonyl (C=O) groups is 1. The number of aromatic nitrogens is 2. The third-order valence-electron chi connectivity index (χ3n) is 5.71. The molecule has 2 heterocycles. The Kier molecular flexibility index (Phi) is 5.56. The van der Waals surface area contributed by atoms with Gasteiger partial charge in [-0.2, -0.15) is 5.10 Å². The molecule has 0 saturated carbocycles. The number of benzene rings is 2. The lowest BCUT2D eigenvalue weighted by Crippen LogP contribution is -2.39. The monoisotopic (exact) mass is 373 g/mol. The van der Waals surface area contributed by atoms with Gasteiger partial charge in [-0.3, -0.25) is 9.48 Å². The predicted octanol–water partition coefficient (Wildman–Crippen LogP) is 4.35. The van der Waals surface area contributed by atoms with Crippen LogP contribution in [0.15, 0.2) is 72.9 Å². The fraction of sp³-hybridized carbons (Fsp3) is 0.333. The molecule has 144 valence electrons. The Hall–Kier alpha value is -2.88. The first-order chi connectivity index (χ1) is 13.7. The van der Waals surface area contributed by atoms with Crippen molar-refractivity contribution in [3.05, 3.63) is 89.7 Å². The number of aryl methyl sites for hydroxylation is 1. The van der Waals surface area contributed by atoms with Crippen molar-refractivity contribution in [3.63, 3.8) is 0 Å². The van der Waals surface area contributed by atoms with Crippen LogP contribution in [-0.4, -0.2) is 33.7 Å². The fourth-order valence-corrected chi connectivity index (χ4v) is 4.20. The maximum Gasteiger partial charge on any atom is 0.223 e. The standard InChI is InChI=1S/C24H27N3O/c1-26-16-14-23(25-26)21-13-8-15-27(18-21)24(28)17-22(19-9-4-2-5-10-19)20-11-6-3-7-12-20/h2-7,9-12,14,16,21-22H,8,13,15,17-18H2,1H3/t21-/m1/s1. The second-order valence-electron chi connectivity index (χ2n) is 7.67. The summed E-state index contributed by atoms with van der Waals surface area (Å²) in [6.45, 7) is 1.62. The molecule has 1 aliphatic heterocycles. The number of hydrogen-bond acceptors (Lipinski definition) is 2. The van der Waals surface area contributed by atoms with Crippen molar-refractivity contribution in [1.29, 1.82) is 0 Å². The van der Waals surface area contributed by atoms with Crippen LogP contribution in [0.3, 0.4) is 0 Å². The zero-order valence-corrected chi connectivity index (χ0v) is 16.4. The minimum atomic E-state index is 0.0881. The highest BCUT2D eigenvalue weighted by atomic mass is 16.2. The van der Waals surface area contributed by atoms with E-state index in [-0.39, 0.29) is 11.8 Å². The summed E-state index contributed by atoms with van der Waals surface area (Å²) in [5, 5.41) is 4.56. The summed E-state index contributed by atoms with van der Waals surface area (Å²) < 4.78 is 1.84. The van der Waals surface area contributed by atoms with Crippen molar-refractivity contribution in [2.75, 3.05) is 13.1 Å². The Balaban J connectivity index is 1.51. The third-order valence-corrected chi connectivity index (χ3v) is 5.71. The van der Waals surface area contributed by atoms with Crippen LogP contribution in [0.2, 0.25) is 0 Å². The Morgan fingerprint density at radius 1 is 1.04 bits per heavy atom. The molecule has 1 amide bonds. The molecular formula is C24H27N3O. The highest BCUT2D eigenvalue weighted by Gasteiger charge is 2.28. The van der Waals surface area contributed by atoms with E-state index in [4.69, 9.17) is 0 Å². The first kappa shape index (κ1) is 18.5. The average molecular weight is 374 g/mol. The molecule has 1 aromatic heterocycles. The largest absolute Gasteiger partial charge is 0.342 e. The maximum atomic E-state index is 13.2. The summed E-state index contributed by atoms with van der Waals surface area (Å²) in [6, 6.07) is 22.8. The van der Waals surface area contributed by atoms with E-state index < -0.39 is 0 Å². The second-order valence-corrected chi connectivity index (χ2v) is 7.67. The molecule has 4 nitrogen and oxygen atoms in total. The van der Waals surface area contributed by atoms with Gasteiger partial charge >= 0.3 is 0 Å². The quantitative estimate of drug-likeness (QED) is 0.667. The van der Waals surface area contributed by atoms with Crippen LogP contribution in [0.1, 0.15) is 47.9 Å². The number of rotatable bonds is 5. The first-order valence-electron chi connectivity index (χ1n) is 10.1. The van der Waals surface area contributed by atoms with Crippen LogP contribution in [0.4, 0.5) is 0 Å².